The molecule has 0 radical (unpaired) electrons. The third kappa shape index (κ3) is 2.68. The largest absolute Gasteiger partial charge is 0.427 e. The van der Waals surface area contributed by atoms with Crippen molar-refractivity contribution in [1.82, 2.24) is 0 Å². The average molecular weight is 360 g/mol. The van der Waals surface area contributed by atoms with E-state index in [1.165, 1.54) is 20.8 Å². The molecule has 0 fully saturated rings. The molecular weight excluding hydrogens is 344 g/mol. The van der Waals surface area contributed by atoms with Gasteiger partial charge in [0.05, 0.1) is 5.56 Å². The minimum atomic E-state index is -0.481. The summed E-state index contributed by atoms with van der Waals surface area (Å²) in [6.07, 6.45) is 0. The molecule has 3 aromatic carbocycles. The Morgan fingerprint density at radius 2 is 1.48 bits per heavy atom. The van der Waals surface area contributed by atoms with Crippen LogP contribution < -0.4 is 9.47 Å². The average Bonchev–Trinajstić information content (AvgIpc) is 2.90. The van der Waals surface area contributed by atoms with E-state index in [0.29, 0.717) is 16.7 Å². The second-order valence-electron chi connectivity index (χ2n) is 6.48. The zero-order valence-electron chi connectivity index (χ0n) is 15.1. The van der Waals surface area contributed by atoms with Gasteiger partial charge < -0.3 is 9.47 Å². The Kier molecular flexibility index (Phi) is 3.81. The fourth-order valence-electron chi connectivity index (χ4n) is 3.62. The minimum Gasteiger partial charge on any atom is -0.427 e. The van der Waals surface area contributed by atoms with Crippen LogP contribution in [0.2, 0.25) is 0 Å². The number of rotatable bonds is 3. The number of fused-ring (bicyclic) bond motifs is 3. The first-order valence-electron chi connectivity index (χ1n) is 8.49. The number of esters is 2. The second-order valence-corrected chi connectivity index (χ2v) is 6.48. The summed E-state index contributed by atoms with van der Waals surface area (Å²) < 4.78 is 10.6. The number of carbonyl (C=O) groups is 3. The van der Waals surface area contributed by atoms with E-state index in [-0.39, 0.29) is 11.5 Å². The number of carbonyl (C=O) groups excluding carboxylic acids is 3. The Morgan fingerprint density at radius 1 is 0.741 bits per heavy atom. The quantitative estimate of drug-likeness (QED) is 0.305. The Bertz CT molecular complexity index is 1160. The van der Waals surface area contributed by atoms with Gasteiger partial charge in [0, 0.05) is 24.6 Å². The summed E-state index contributed by atoms with van der Waals surface area (Å²) in [6, 6.07) is 12.9. The number of benzene rings is 3. The molecule has 0 unspecified atom stereocenters. The topological polar surface area (TPSA) is 69.7 Å². The van der Waals surface area contributed by atoms with Crippen molar-refractivity contribution in [3.63, 3.8) is 0 Å². The molecule has 5 nitrogen and oxygen atoms in total. The SMILES string of the molecule is CC(=O)Oc1ccc2c(c1)-c1cc(C(C)=O)c(OC(C)=O)c3cccc-2c13. The van der Waals surface area contributed by atoms with Gasteiger partial charge in [-0.05, 0) is 47.4 Å². The van der Waals surface area contributed by atoms with Crippen LogP contribution in [0.15, 0.2) is 42.5 Å². The van der Waals surface area contributed by atoms with Gasteiger partial charge in [0.25, 0.3) is 0 Å². The van der Waals surface area contributed by atoms with Gasteiger partial charge >= 0.3 is 11.9 Å². The Morgan fingerprint density at radius 3 is 2.15 bits per heavy atom. The lowest BCUT2D eigenvalue weighted by Crippen LogP contribution is -2.07. The summed E-state index contributed by atoms with van der Waals surface area (Å²) in [5.41, 5.74) is 4.02. The predicted molar refractivity (Wildman–Crippen MR) is 101 cm³/mol. The first kappa shape index (κ1) is 17.0. The molecule has 5 heteroatoms. The molecule has 27 heavy (non-hydrogen) atoms. The third-order valence-corrected chi connectivity index (χ3v) is 4.57. The smallest absolute Gasteiger partial charge is 0.308 e. The van der Waals surface area contributed by atoms with Gasteiger partial charge in [-0.25, -0.2) is 0 Å². The van der Waals surface area contributed by atoms with Crippen molar-refractivity contribution < 1.29 is 23.9 Å². The maximum absolute atomic E-state index is 12.2. The van der Waals surface area contributed by atoms with Gasteiger partial charge in [0.1, 0.15) is 11.5 Å². The molecule has 0 bridgehead atoms. The molecule has 0 saturated carbocycles. The molecule has 0 aliphatic heterocycles. The fourth-order valence-corrected chi connectivity index (χ4v) is 3.62. The molecule has 0 N–H and O–H groups in total. The van der Waals surface area contributed by atoms with Crippen LogP contribution in [0.1, 0.15) is 31.1 Å². The summed E-state index contributed by atoms with van der Waals surface area (Å²) in [7, 11) is 0. The van der Waals surface area contributed by atoms with Crippen molar-refractivity contribution in [2.75, 3.05) is 0 Å². The van der Waals surface area contributed by atoms with Gasteiger partial charge in [0.15, 0.2) is 5.78 Å². The summed E-state index contributed by atoms with van der Waals surface area (Å²) in [5, 5.41) is 1.62. The van der Waals surface area contributed by atoms with Crippen LogP contribution in [0.4, 0.5) is 0 Å². The van der Waals surface area contributed by atoms with Crippen molar-refractivity contribution in [1.29, 1.82) is 0 Å². The number of Topliss-reactive ketones (excluding diaryl/α,β-unsaturated/α-hetero) is 1. The van der Waals surface area contributed by atoms with E-state index in [2.05, 4.69) is 0 Å². The highest BCUT2D eigenvalue weighted by Gasteiger charge is 2.27. The van der Waals surface area contributed by atoms with Gasteiger partial charge in [-0.3, -0.25) is 14.4 Å². The summed E-state index contributed by atoms with van der Waals surface area (Å²) in [5.74, 6) is -0.352. The van der Waals surface area contributed by atoms with Crippen molar-refractivity contribution >= 4 is 28.5 Å². The van der Waals surface area contributed by atoms with E-state index >= 15 is 0 Å². The molecule has 4 rings (SSSR count). The van der Waals surface area contributed by atoms with E-state index in [1.807, 2.05) is 24.3 Å². The number of ketones is 1. The van der Waals surface area contributed by atoms with E-state index in [0.717, 1.165) is 27.6 Å². The van der Waals surface area contributed by atoms with E-state index in [4.69, 9.17) is 9.47 Å². The second kappa shape index (κ2) is 6.06. The summed E-state index contributed by atoms with van der Waals surface area (Å²) >= 11 is 0. The molecule has 1 aliphatic carbocycles. The molecule has 3 aromatic rings. The molecule has 0 atom stereocenters. The van der Waals surface area contributed by atoms with Crippen LogP contribution in [0.25, 0.3) is 33.0 Å². The molecule has 0 heterocycles. The van der Waals surface area contributed by atoms with Crippen LogP contribution in [-0.2, 0) is 9.59 Å². The maximum atomic E-state index is 12.2. The zero-order valence-corrected chi connectivity index (χ0v) is 15.1. The van der Waals surface area contributed by atoms with E-state index in [9.17, 15) is 14.4 Å². The van der Waals surface area contributed by atoms with Crippen molar-refractivity contribution in [2.45, 2.75) is 20.8 Å². The molecule has 1 aliphatic rings. The lowest BCUT2D eigenvalue weighted by atomic mass is 9.97. The molecule has 0 aromatic heterocycles. The highest BCUT2D eigenvalue weighted by molar-refractivity contribution is 6.20. The van der Waals surface area contributed by atoms with Crippen molar-refractivity contribution in [3.05, 3.63) is 48.0 Å². The molecule has 0 spiro atoms. The van der Waals surface area contributed by atoms with Crippen LogP contribution in [0.3, 0.4) is 0 Å². The first-order valence-corrected chi connectivity index (χ1v) is 8.49. The van der Waals surface area contributed by atoms with E-state index in [1.54, 1.807) is 18.2 Å². The lowest BCUT2D eigenvalue weighted by Gasteiger charge is -2.13. The molecular formula is C22H16O5. The van der Waals surface area contributed by atoms with Crippen LogP contribution in [-0.4, -0.2) is 17.7 Å². The molecule has 0 saturated heterocycles. The van der Waals surface area contributed by atoms with Gasteiger partial charge in [0.2, 0.25) is 0 Å². The van der Waals surface area contributed by atoms with Crippen molar-refractivity contribution in [3.8, 4) is 33.8 Å². The molecule has 134 valence electrons. The van der Waals surface area contributed by atoms with Gasteiger partial charge in [-0.1, -0.05) is 24.3 Å². The monoisotopic (exact) mass is 360 g/mol. The Balaban J connectivity index is 2.05. The Labute approximate surface area is 155 Å². The van der Waals surface area contributed by atoms with Gasteiger partial charge in [-0.15, -0.1) is 0 Å². The highest BCUT2D eigenvalue weighted by Crippen LogP contribution is 2.51. The summed E-state index contributed by atoms with van der Waals surface area (Å²) in [6.45, 7) is 4.10. The maximum Gasteiger partial charge on any atom is 0.308 e. The predicted octanol–water partition coefficient (Wildman–Crippen LogP) is 4.54. The zero-order chi connectivity index (χ0) is 19.3. The fraction of sp³-hybridized carbons (Fsp3) is 0.136. The van der Waals surface area contributed by atoms with E-state index < -0.39 is 11.9 Å². The molecule has 0 amide bonds. The van der Waals surface area contributed by atoms with Crippen LogP contribution >= 0.6 is 0 Å². The third-order valence-electron chi connectivity index (χ3n) is 4.57. The first-order chi connectivity index (χ1) is 12.9. The lowest BCUT2D eigenvalue weighted by molar-refractivity contribution is -0.132. The Hall–Kier alpha value is -3.47. The number of hydrogen-bond donors (Lipinski definition) is 0. The minimum absolute atomic E-state index is 0.195. The number of ether oxygens (including phenoxy) is 2. The van der Waals surface area contributed by atoms with Crippen LogP contribution in [0.5, 0.6) is 11.5 Å². The van der Waals surface area contributed by atoms with Crippen LogP contribution in [0, 0.1) is 0 Å². The number of hydrogen-bond acceptors (Lipinski definition) is 5. The van der Waals surface area contributed by atoms with Crippen molar-refractivity contribution in [2.24, 2.45) is 0 Å². The van der Waals surface area contributed by atoms with Gasteiger partial charge in [-0.2, -0.15) is 0 Å². The standard InChI is InChI=1S/C22H16O5/c1-11(23)18-10-20-19-9-14(26-12(2)24)7-8-15(19)16-5-4-6-17(21(16)20)22(18)27-13(3)25/h4-10H,1-3H3. The highest BCUT2D eigenvalue weighted by atomic mass is 16.5. The summed E-state index contributed by atoms with van der Waals surface area (Å²) in [4.78, 5) is 35.1. The normalized spacial score (nSPS) is 11.2.